The zero-order valence-electron chi connectivity index (χ0n) is 12.2. The average Bonchev–Trinajstić information content (AvgIpc) is 2.46. The van der Waals surface area contributed by atoms with Gasteiger partial charge in [0, 0.05) is 32.7 Å². The molecule has 2 heterocycles. The molecule has 2 rings (SSSR count). The molecular weight excluding hydrogens is 242 g/mol. The van der Waals surface area contributed by atoms with E-state index >= 15 is 0 Å². The van der Waals surface area contributed by atoms with E-state index in [9.17, 15) is 0 Å². The molecular formula is C13H23N5O. The molecule has 1 saturated heterocycles. The maximum Gasteiger partial charge on any atom is 0.204 e. The summed E-state index contributed by atoms with van der Waals surface area (Å²) in [5, 5.41) is 3.04. The number of nitrogens with one attached hydrogen (secondary N) is 1. The third kappa shape index (κ3) is 2.73. The number of aromatic nitrogens is 2. The second-order valence-corrected chi connectivity index (χ2v) is 4.75. The Morgan fingerprint density at radius 2 is 2.21 bits per heavy atom. The van der Waals surface area contributed by atoms with Gasteiger partial charge in [0.1, 0.15) is 6.33 Å². The van der Waals surface area contributed by atoms with E-state index in [4.69, 9.17) is 4.74 Å². The number of likely N-dealkylation sites (N-methyl/N-ethyl adjacent to an activating group) is 1. The van der Waals surface area contributed by atoms with E-state index in [0.29, 0.717) is 6.04 Å². The van der Waals surface area contributed by atoms with Crippen LogP contribution in [0.25, 0.3) is 0 Å². The molecule has 0 saturated carbocycles. The summed E-state index contributed by atoms with van der Waals surface area (Å²) < 4.78 is 5.47. The Morgan fingerprint density at radius 3 is 2.79 bits per heavy atom. The fraction of sp³-hybridized carbons (Fsp3) is 0.692. The molecule has 0 amide bonds. The number of hydrogen-bond donors (Lipinski definition) is 1. The molecule has 1 N–H and O–H groups in total. The maximum atomic E-state index is 5.47. The van der Waals surface area contributed by atoms with Crippen molar-refractivity contribution in [3.05, 3.63) is 6.33 Å². The van der Waals surface area contributed by atoms with Gasteiger partial charge in [-0.2, -0.15) is 0 Å². The molecule has 6 heteroatoms. The van der Waals surface area contributed by atoms with E-state index in [1.165, 1.54) is 0 Å². The van der Waals surface area contributed by atoms with Gasteiger partial charge >= 0.3 is 0 Å². The van der Waals surface area contributed by atoms with Crippen molar-refractivity contribution in [1.82, 2.24) is 14.9 Å². The van der Waals surface area contributed by atoms with E-state index in [1.807, 2.05) is 7.05 Å². The van der Waals surface area contributed by atoms with E-state index in [0.717, 1.165) is 43.6 Å². The molecule has 0 bridgehead atoms. The Morgan fingerprint density at radius 1 is 1.42 bits per heavy atom. The third-order valence-corrected chi connectivity index (χ3v) is 3.70. The monoisotopic (exact) mass is 265 g/mol. The van der Waals surface area contributed by atoms with Crippen molar-refractivity contribution in [3.8, 4) is 5.75 Å². The Kier molecular flexibility index (Phi) is 4.42. The smallest absolute Gasteiger partial charge is 0.204 e. The Labute approximate surface area is 114 Å². The topological polar surface area (TPSA) is 53.5 Å². The highest BCUT2D eigenvalue weighted by Gasteiger charge is 2.26. The van der Waals surface area contributed by atoms with Gasteiger partial charge in [0.05, 0.1) is 7.11 Å². The first-order chi connectivity index (χ1) is 9.21. The number of ether oxygens (including phenoxy) is 1. The summed E-state index contributed by atoms with van der Waals surface area (Å²) in [7, 11) is 3.50. The molecule has 0 aliphatic carbocycles. The molecule has 1 atom stereocenters. The maximum absolute atomic E-state index is 5.47. The minimum atomic E-state index is 0.524. The van der Waals surface area contributed by atoms with Crippen LogP contribution in [-0.4, -0.2) is 61.2 Å². The van der Waals surface area contributed by atoms with Crippen molar-refractivity contribution in [2.75, 3.05) is 50.6 Å². The second kappa shape index (κ2) is 6.06. The van der Waals surface area contributed by atoms with Crippen LogP contribution in [0.1, 0.15) is 13.8 Å². The van der Waals surface area contributed by atoms with Gasteiger partial charge < -0.3 is 15.0 Å². The quantitative estimate of drug-likeness (QED) is 0.878. The van der Waals surface area contributed by atoms with Crippen molar-refractivity contribution in [3.63, 3.8) is 0 Å². The Bertz CT molecular complexity index is 425. The fourth-order valence-electron chi connectivity index (χ4n) is 2.61. The van der Waals surface area contributed by atoms with Crippen molar-refractivity contribution in [2.45, 2.75) is 19.9 Å². The van der Waals surface area contributed by atoms with Gasteiger partial charge in [-0.3, -0.25) is 4.90 Å². The predicted octanol–water partition coefficient (Wildman–Crippen LogP) is 1.06. The van der Waals surface area contributed by atoms with Gasteiger partial charge in [-0.25, -0.2) is 9.97 Å². The first-order valence-electron chi connectivity index (χ1n) is 6.77. The summed E-state index contributed by atoms with van der Waals surface area (Å²) in [6.45, 7) is 8.54. The first kappa shape index (κ1) is 13.9. The van der Waals surface area contributed by atoms with E-state index in [-0.39, 0.29) is 0 Å². The highest BCUT2D eigenvalue weighted by molar-refractivity contribution is 5.64. The van der Waals surface area contributed by atoms with Gasteiger partial charge in [-0.05, 0) is 13.5 Å². The fourth-order valence-corrected chi connectivity index (χ4v) is 2.61. The first-order valence-corrected chi connectivity index (χ1v) is 6.77. The number of nitrogens with zero attached hydrogens (tertiary/aromatic N) is 4. The predicted molar refractivity (Wildman–Crippen MR) is 77.1 cm³/mol. The summed E-state index contributed by atoms with van der Waals surface area (Å²) in [6, 6.07) is 0.524. The Hall–Kier alpha value is -1.56. The minimum absolute atomic E-state index is 0.524. The number of anilines is 2. The van der Waals surface area contributed by atoms with E-state index < -0.39 is 0 Å². The van der Waals surface area contributed by atoms with Crippen LogP contribution >= 0.6 is 0 Å². The molecule has 1 aliphatic heterocycles. The standard InChI is InChI=1S/C13H23N5O/c1-5-17-6-7-18(8-10(17)2)13-11(19-4)12(14-3)15-9-16-13/h9-10H,5-8H2,1-4H3,(H,14,15,16). The SMILES string of the molecule is CCN1CCN(c2ncnc(NC)c2OC)CC1C. The highest BCUT2D eigenvalue weighted by atomic mass is 16.5. The Balaban J connectivity index is 2.23. The van der Waals surface area contributed by atoms with Crippen LogP contribution in [-0.2, 0) is 0 Å². The summed E-state index contributed by atoms with van der Waals surface area (Å²) in [5.74, 6) is 2.34. The van der Waals surface area contributed by atoms with Crippen molar-refractivity contribution >= 4 is 11.6 Å². The lowest BCUT2D eigenvalue weighted by atomic mass is 10.2. The van der Waals surface area contributed by atoms with Gasteiger partial charge in [0.15, 0.2) is 11.6 Å². The van der Waals surface area contributed by atoms with Crippen molar-refractivity contribution in [2.24, 2.45) is 0 Å². The molecule has 0 aromatic carbocycles. The van der Waals surface area contributed by atoms with Crippen LogP contribution < -0.4 is 15.0 Å². The van der Waals surface area contributed by atoms with Gasteiger partial charge in [-0.1, -0.05) is 6.92 Å². The van der Waals surface area contributed by atoms with Crippen LogP contribution in [0, 0.1) is 0 Å². The number of rotatable bonds is 4. The molecule has 6 nitrogen and oxygen atoms in total. The summed E-state index contributed by atoms with van der Waals surface area (Å²) in [5.41, 5.74) is 0. The largest absolute Gasteiger partial charge is 0.490 e. The third-order valence-electron chi connectivity index (χ3n) is 3.70. The molecule has 0 spiro atoms. The normalized spacial score (nSPS) is 20.4. The summed E-state index contributed by atoms with van der Waals surface area (Å²) in [6.07, 6.45) is 1.58. The molecule has 1 unspecified atom stereocenters. The molecule has 1 aromatic rings. The lowest BCUT2D eigenvalue weighted by Crippen LogP contribution is -2.52. The molecule has 1 fully saturated rings. The van der Waals surface area contributed by atoms with Crippen LogP contribution in [0.2, 0.25) is 0 Å². The lowest BCUT2D eigenvalue weighted by Gasteiger charge is -2.40. The minimum Gasteiger partial charge on any atom is -0.490 e. The number of hydrogen-bond acceptors (Lipinski definition) is 6. The zero-order chi connectivity index (χ0) is 13.8. The van der Waals surface area contributed by atoms with Crippen LogP contribution in [0.4, 0.5) is 11.6 Å². The highest BCUT2D eigenvalue weighted by Crippen LogP contribution is 2.32. The summed E-state index contributed by atoms with van der Waals surface area (Å²) in [4.78, 5) is 13.3. The van der Waals surface area contributed by atoms with Crippen LogP contribution in [0.3, 0.4) is 0 Å². The van der Waals surface area contributed by atoms with Gasteiger partial charge in [0.25, 0.3) is 0 Å². The molecule has 19 heavy (non-hydrogen) atoms. The lowest BCUT2D eigenvalue weighted by molar-refractivity contribution is 0.198. The molecule has 106 valence electrons. The van der Waals surface area contributed by atoms with Crippen LogP contribution in [0.15, 0.2) is 6.33 Å². The van der Waals surface area contributed by atoms with Crippen molar-refractivity contribution < 1.29 is 4.74 Å². The molecule has 1 aliphatic rings. The van der Waals surface area contributed by atoms with Gasteiger partial charge in [-0.15, -0.1) is 0 Å². The van der Waals surface area contributed by atoms with Crippen molar-refractivity contribution in [1.29, 1.82) is 0 Å². The summed E-state index contributed by atoms with van der Waals surface area (Å²) >= 11 is 0. The molecule has 0 radical (unpaired) electrons. The zero-order valence-corrected chi connectivity index (χ0v) is 12.2. The van der Waals surface area contributed by atoms with Crippen LogP contribution in [0.5, 0.6) is 5.75 Å². The number of methoxy groups -OCH3 is 1. The van der Waals surface area contributed by atoms with E-state index in [2.05, 4.69) is 38.9 Å². The average molecular weight is 265 g/mol. The second-order valence-electron chi connectivity index (χ2n) is 4.75. The van der Waals surface area contributed by atoms with E-state index in [1.54, 1.807) is 13.4 Å². The van der Waals surface area contributed by atoms with Gasteiger partial charge in [0.2, 0.25) is 5.75 Å². The molecule has 1 aromatic heterocycles. The number of piperazine rings is 1.